The van der Waals surface area contributed by atoms with E-state index in [0.29, 0.717) is 0 Å². The Labute approximate surface area is 104 Å². The molecule has 4 nitrogen and oxygen atoms in total. The molecule has 1 heterocycles. The van der Waals surface area contributed by atoms with Crippen LogP contribution in [0.5, 0.6) is 0 Å². The van der Waals surface area contributed by atoms with Gasteiger partial charge in [-0.15, -0.1) is 0 Å². The molecule has 0 aliphatic rings. The van der Waals surface area contributed by atoms with Crippen molar-refractivity contribution in [3.05, 3.63) is 45.7 Å². The highest BCUT2D eigenvalue weighted by Gasteiger charge is 2.33. The van der Waals surface area contributed by atoms with Crippen LogP contribution in [0.15, 0.2) is 29.1 Å². The van der Waals surface area contributed by atoms with Crippen LogP contribution in [0.1, 0.15) is 16.1 Å². The number of ether oxygens (including phenoxy) is 1. The highest BCUT2D eigenvalue weighted by Crippen LogP contribution is 2.33. The average Bonchev–Trinajstić information content (AvgIpc) is 2.35. The van der Waals surface area contributed by atoms with Gasteiger partial charge in [0.15, 0.2) is 5.43 Å². The molecule has 0 amide bonds. The Morgan fingerprint density at radius 1 is 1.32 bits per heavy atom. The lowest BCUT2D eigenvalue weighted by atomic mass is 10.1. The SMILES string of the molecule is COC(=O)c1cc(=O)c2cccc(C(F)(F)F)c2[nH]1. The minimum atomic E-state index is -4.63. The maximum Gasteiger partial charge on any atom is 0.418 e. The third kappa shape index (κ3) is 2.31. The molecule has 0 atom stereocenters. The van der Waals surface area contributed by atoms with E-state index in [1.807, 2.05) is 0 Å². The molecule has 0 aliphatic carbocycles. The van der Waals surface area contributed by atoms with Crippen molar-refractivity contribution >= 4 is 16.9 Å². The number of pyridine rings is 1. The summed E-state index contributed by atoms with van der Waals surface area (Å²) in [5.74, 6) is -0.907. The van der Waals surface area contributed by atoms with E-state index in [0.717, 1.165) is 25.3 Å². The number of aromatic nitrogens is 1. The summed E-state index contributed by atoms with van der Waals surface area (Å²) in [5.41, 5.74) is -2.44. The summed E-state index contributed by atoms with van der Waals surface area (Å²) in [5, 5.41) is -0.137. The molecule has 0 aliphatic heterocycles. The number of rotatable bonds is 1. The third-order valence-electron chi connectivity index (χ3n) is 2.58. The lowest BCUT2D eigenvalue weighted by molar-refractivity contribution is -0.136. The van der Waals surface area contributed by atoms with Gasteiger partial charge in [-0.2, -0.15) is 13.2 Å². The van der Waals surface area contributed by atoms with Crippen LogP contribution in [0.4, 0.5) is 13.2 Å². The molecule has 19 heavy (non-hydrogen) atoms. The molecule has 0 unspecified atom stereocenters. The second kappa shape index (κ2) is 4.42. The van der Waals surface area contributed by atoms with Crippen LogP contribution in [0.3, 0.4) is 0 Å². The van der Waals surface area contributed by atoms with Crippen molar-refractivity contribution in [1.82, 2.24) is 4.98 Å². The van der Waals surface area contributed by atoms with E-state index >= 15 is 0 Å². The molecular formula is C12H8F3NO3. The standard InChI is InChI=1S/C12H8F3NO3/c1-19-11(18)8-5-9(17)6-3-2-4-7(10(6)16-8)12(13,14)15/h2-5H,1H3,(H,16,17). The first-order chi connectivity index (χ1) is 8.84. The number of carbonyl (C=O) groups excluding carboxylic acids is 1. The molecule has 100 valence electrons. The number of nitrogens with one attached hydrogen (secondary N) is 1. The molecule has 0 bridgehead atoms. The van der Waals surface area contributed by atoms with Gasteiger partial charge >= 0.3 is 12.1 Å². The van der Waals surface area contributed by atoms with Gasteiger partial charge in [-0.05, 0) is 12.1 Å². The van der Waals surface area contributed by atoms with Gasteiger partial charge in [-0.25, -0.2) is 4.79 Å². The van der Waals surface area contributed by atoms with Gasteiger partial charge in [0.25, 0.3) is 0 Å². The lowest BCUT2D eigenvalue weighted by Gasteiger charge is -2.10. The quantitative estimate of drug-likeness (QED) is 0.810. The van der Waals surface area contributed by atoms with E-state index in [1.165, 1.54) is 6.07 Å². The highest BCUT2D eigenvalue weighted by atomic mass is 19.4. The smallest absolute Gasteiger partial charge is 0.418 e. The normalized spacial score (nSPS) is 11.6. The molecule has 1 aromatic heterocycles. The van der Waals surface area contributed by atoms with Crippen molar-refractivity contribution in [2.45, 2.75) is 6.18 Å². The summed E-state index contributed by atoms with van der Waals surface area (Å²) in [6, 6.07) is 4.14. The summed E-state index contributed by atoms with van der Waals surface area (Å²) >= 11 is 0. The average molecular weight is 271 g/mol. The van der Waals surface area contributed by atoms with E-state index in [4.69, 9.17) is 0 Å². The Hall–Kier alpha value is -2.31. The number of methoxy groups -OCH3 is 1. The van der Waals surface area contributed by atoms with Gasteiger partial charge in [0.2, 0.25) is 0 Å². The lowest BCUT2D eigenvalue weighted by Crippen LogP contribution is -2.14. The van der Waals surface area contributed by atoms with Crippen LogP contribution in [0.2, 0.25) is 0 Å². The first-order valence-electron chi connectivity index (χ1n) is 5.16. The molecule has 0 saturated heterocycles. The third-order valence-corrected chi connectivity index (χ3v) is 2.58. The Balaban J connectivity index is 2.84. The molecule has 0 radical (unpaired) electrons. The fourth-order valence-corrected chi connectivity index (χ4v) is 1.73. The first-order valence-corrected chi connectivity index (χ1v) is 5.16. The zero-order valence-corrected chi connectivity index (χ0v) is 9.67. The van der Waals surface area contributed by atoms with Crippen molar-refractivity contribution in [2.24, 2.45) is 0 Å². The number of hydrogen-bond donors (Lipinski definition) is 1. The van der Waals surface area contributed by atoms with Crippen LogP contribution in [-0.4, -0.2) is 18.1 Å². The fourth-order valence-electron chi connectivity index (χ4n) is 1.73. The monoisotopic (exact) mass is 271 g/mol. The predicted molar refractivity (Wildman–Crippen MR) is 60.9 cm³/mol. The summed E-state index contributed by atoms with van der Waals surface area (Å²) in [6.07, 6.45) is -4.63. The van der Waals surface area contributed by atoms with Crippen molar-refractivity contribution in [2.75, 3.05) is 7.11 Å². The van der Waals surface area contributed by atoms with E-state index in [-0.39, 0.29) is 11.1 Å². The van der Waals surface area contributed by atoms with Gasteiger partial charge < -0.3 is 9.72 Å². The number of H-pyrrole nitrogens is 1. The van der Waals surface area contributed by atoms with Crippen LogP contribution in [0, 0.1) is 0 Å². The molecular weight excluding hydrogens is 263 g/mol. The van der Waals surface area contributed by atoms with Crippen LogP contribution in [-0.2, 0) is 10.9 Å². The Morgan fingerprint density at radius 2 is 2.00 bits per heavy atom. The maximum atomic E-state index is 12.8. The van der Waals surface area contributed by atoms with Crippen LogP contribution >= 0.6 is 0 Å². The minimum absolute atomic E-state index is 0.137. The fraction of sp³-hybridized carbons (Fsp3) is 0.167. The number of carbonyl (C=O) groups is 1. The van der Waals surface area contributed by atoms with Crippen molar-refractivity contribution < 1.29 is 22.7 Å². The number of fused-ring (bicyclic) bond motifs is 1. The van der Waals surface area contributed by atoms with Gasteiger partial charge in [0.1, 0.15) is 5.69 Å². The number of benzene rings is 1. The predicted octanol–water partition coefficient (Wildman–Crippen LogP) is 2.33. The molecule has 2 rings (SSSR count). The summed E-state index contributed by atoms with van der Waals surface area (Å²) in [4.78, 5) is 25.3. The van der Waals surface area contributed by atoms with Crippen molar-refractivity contribution in [3.63, 3.8) is 0 Å². The van der Waals surface area contributed by atoms with E-state index in [9.17, 15) is 22.8 Å². The molecule has 1 N–H and O–H groups in total. The Bertz CT molecular complexity index is 703. The molecule has 1 aromatic carbocycles. The van der Waals surface area contributed by atoms with Gasteiger partial charge in [0.05, 0.1) is 18.2 Å². The highest BCUT2D eigenvalue weighted by molar-refractivity contribution is 5.91. The van der Waals surface area contributed by atoms with Crippen LogP contribution in [0.25, 0.3) is 10.9 Å². The zero-order valence-electron chi connectivity index (χ0n) is 9.67. The number of para-hydroxylation sites is 1. The molecule has 7 heteroatoms. The second-order valence-corrected chi connectivity index (χ2v) is 3.76. The van der Waals surface area contributed by atoms with Gasteiger partial charge in [0, 0.05) is 11.5 Å². The summed E-state index contributed by atoms with van der Waals surface area (Å²) < 4.78 is 42.9. The minimum Gasteiger partial charge on any atom is -0.464 e. The van der Waals surface area contributed by atoms with E-state index in [1.54, 1.807) is 0 Å². The topological polar surface area (TPSA) is 59.2 Å². The largest absolute Gasteiger partial charge is 0.464 e. The van der Waals surface area contributed by atoms with Gasteiger partial charge in [-0.3, -0.25) is 4.79 Å². The Kier molecular flexibility index (Phi) is 3.05. The molecule has 0 saturated carbocycles. The van der Waals surface area contributed by atoms with E-state index in [2.05, 4.69) is 9.72 Å². The number of alkyl halides is 3. The number of halogens is 3. The zero-order chi connectivity index (χ0) is 14.2. The van der Waals surface area contributed by atoms with Crippen molar-refractivity contribution in [1.29, 1.82) is 0 Å². The number of hydrogen-bond acceptors (Lipinski definition) is 3. The second-order valence-electron chi connectivity index (χ2n) is 3.76. The number of esters is 1. The molecule has 0 spiro atoms. The van der Waals surface area contributed by atoms with Crippen molar-refractivity contribution in [3.8, 4) is 0 Å². The summed E-state index contributed by atoms with van der Waals surface area (Å²) in [6.45, 7) is 0. The molecule has 0 fully saturated rings. The summed E-state index contributed by atoms with van der Waals surface area (Å²) in [7, 11) is 1.07. The maximum absolute atomic E-state index is 12.8. The van der Waals surface area contributed by atoms with E-state index < -0.39 is 28.7 Å². The molecule has 2 aromatic rings. The van der Waals surface area contributed by atoms with Gasteiger partial charge in [-0.1, -0.05) is 6.07 Å². The van der Waals surface area contributed by atoms with Crippen LogP contribution < -0.4 is 5.43 Å². The first kappa shape index (κ1) is 13.1. The number of aromatic amines is 1. The Morgan fingerprint density at radius 3 is 2.58 bits per heavy atom.